The van der Waals surface area contributed by atoms with Crippen LogP contribution in [-0.2, 0) is 28.9 Å². The van der Waals surface area contributed by atoms with E-state index in [0.29, 0.717) is 32.5 Å². The monoisotopic (exact) mass is 663 g/mol. The lowest BCUT2D eigenvalue weighted by atomic mass is 9.94. The number of alkyl carbamates (subject to hydrolysis) is 1. The van der Waals surface area contributed by atoms with Crippen molar-refractivity contribution in [3.8, 4) is 0 Å². The van der Waals surface area contributed by atoms with Gasteiger partial charge in [0.05, 0.1) is 37.5 Å². The molecule has 10 heteroatoms. The molecule has 0 aliphatic rings. The van der Waals surface area contributed by atoms with Crippen molar-refractivity contribution < 1.29 is 34.4 Å². The highest BCUT2D eigenvalue weighted by molar-refractivity contribution is 5.68. The normalized spacial score (nSPS) is 14.4. The van der Waals surface area contributed by atoms with Crippen molar-refractivity contribution >= 4 is 12.2 Å². The number of nitrogens with zero attached hydrogens (tertiary/aromatic N) is 1. The molecule has 0 saturated heterocycles. The van der Waals surface area contributed by atoms with Crippen molar-refractivity contribution in [1.82, 2.24) is 15.5 Å². The fraction of sp³-hybridized carbons (Fsp3) is 0.474. The second-order valence-corrected chi connectivity index (χ2v) is 13.8. The van der Waals surface area contributed by atoms with Gasteiger partial charge in [0.2, 0.25) is 0 Å². The zero-order valence-electron chi connectivity index (χ0n) is 28.8. The lowest BCUT2D eigenvalue weighted by Gasteiger charge is -2.42. The molecule has 0 aliphatic heterocycles. The number of rotatable bonds is 18. The summed E-state index contributed by atoms with van der Waals surface area (Å²) in [5.41, 5.74) is 1.29. The van der Waals surface area contributed by atoms with E-state index in [0.717, 1.165) is 16.7 Å². The van der Waals surface area contributed by atoms with Gasteiger partial charge in [-0.3, -0.25) is 4.90 Å². The van der Waals surface area contributed by atoms with Gasteiger partial charge in [0.15, 0.2) is 0 Å². The van der Waals surface area contributed by atoms with Gasteiger partial charge < -0.3 is 35.4 Å². The summed E-state index contributed by atoms with van der Waals surface area (Å²) in [6.45, 7) is 9.93. The Morgan fingerprint density at radius 3 is 1.77 bits per heavy atom. The van der Waals surface area contributed by atoms with Crippen LogP contribution >= 0.6 is 0 Å². The van der Waals surface area contributed by atoms with Gasteiger partial charge in [-0.05, 0) is 64.2 Å². The molecule has 0 saturated carbocycles. The fourth-order valence-corrected chi connectivity index (χ4v) is 5.55. The first kappa shape index (κ1) is 38.5. The number of hydrogen-bond acceptors (Lipinski definition) is 7. The lowest BCUT2D eigenvalue weighted by molar-refractivity contribution is -0.000652. The Hall–Kier alpha value is -3.96. The molecule has 3 aromatic rings. The van der Waals surface area contributed by atoms with Crippen LogP contribution in [0.5, 0.6) is 0 Å². The zero-order chi connectivity index (χ0) is 35.2. The van der Waals surface area contributed by atoms with Crippen molar-refractivity contribution in [3.63, 3.8) is 0 Å². The third-order valence-electron chi connectivity index (χ3n) is 8.09. The van der Waals surface area contributed by atoms with Crippen LogP contribution in [0.25, 0.3) is 0 Å². The predicted molar refractivity (Wildman–Crippen MR) is 187 cm³/mol. The van der Waals surface area contributed by atoms with Crippen LogP contribution < -0.4 is 10.6 Å². The average Bonchev–Trinajstić information content (AvgIpc) is 3.03. The van der Waals surface area contributed by atoms with Crippen molar-refractivity contribution in [2.45, 2.75) is 95.9 Å². The van der Waals surface area contributed by atoms with E-state index >= 15 is 0 Å². The summed E-state index contributed by atoms with van der Waals surface area (Å²) in [5.74, 6) is 0. The number of carbonyl (C=O) groups excluding carboxylic acids is 1. The molecule has 0 fully saturated rings. The summed E-state index contributed by atoms with van der Waals surface area (Å²) in [6.07, 6.45) is -2.78. The molecule has 0 heterocycles. The van der Waals surface area contributed by atoms with E-state index < -0.39 is 47.6 Å². The number of aliphatic hydroxyl groups is 2. The number of benzene rings is 3. The number of ether oxygens (including phenoxy) is 2. The van der Waals surface area contributed by atoms with Gasteiger partial charge in [0, 0.05) is 25.0 Å². The van der Waals surface area contributed by atoms with Gasteiger partial charge in [-0.25, -0.2) is 9.59 Å². The number of carboxylic acid groups (broad SMARTS) is 1. The van der Waals surface area contributed by atoms with Crippen molar-refractivity contribution in [3.05, 3.63) is 108 Å². The second-order valence-electron chi connectivity index (χ2n) is 13.8. The van der Waals surface area contributed by atoms with Crippen LogP contribution in [0, 0.1) is 0 Å². The maximum atomic E-state index is 13.1. The van der Waals surface area contributed by atoms with E-state index in [-0.39, 0.29) is 13.1 Å². The predicted octanol–water partition coefficient (Wildman–Crippen LogP) is 5.41. The Kier molecular flexibility index (Phi) is 14.9. The Labute approximate surface area is 285 Å². The molecule has 5 N–H and O–H groups in total. The smallest absolute Gasteiger partial charge is 0.408 e. The van der Waals surface area contributed by atoms with E-state index in [1.165, 1.54) is 4.90 Å². The third kappa shape index (κ3) is 13.3. The van der Waals surface area contributed by atoms with E-state index in [2.05, 4.69) is 10.6 Å². The summed E-state index contributed by atoms with van der Waals surface area (Å²) in [7, 11) is 0. The molecule has 3 aromatic carbocycles. The van der Waals surface area contributed by atoms with Crippen molar-refractivity contribution in [2.75, 3.05) is 19.7 Å². The Bertz CT molecular complexity index is 1370. The first-order valence-corrected chi connectivity index (χ1v) is 16.5. The lowest BCUT2D eigenvalue weighted by Crippen LogP contribution is -2.58. The SMILES string of the molecule is CC(C)(CCOCc1ccccc1)OC(=O)N[C@@H](Cc1ccccc1)[C@H](O)CNC[C@@H](O)[C@H](Cc1ccccc1)N(C(=O)O)C(C)(C)C. The molecule has 0 radical (unpaired) electrons. The average molecular weight is 664 g/mol. The molecule has 0 unspecified atom stereocenters. The first-order valence-electron chi connectivity index (χ1n) is 16.5. The van der Waals surface area contributed by atoms with E-state index in [4.69, 9.17) is 9.47 Å². The summed E-state index contributed by atoms with van der Waals surface area (Å²) in [5, 5.41) is 38.6. The van der Waals surface area contributed by atoms with Crippen molar-refractivity contribution in [1.29, 1.82) is 0 Å². The molecule has 0 spiro atoms. The molecule has 2 amide bonds. The number of amides is 2. The van der Waals surface area contributed by atoms with Crippen LogP contribution in [0.3, 0.4) is 0 Å². The number of carbonyl (C=O) groups is 2. The Balaban J connectivity index is 1.61. The summed E-state index contributed by atoms with van der Waals surface area (Å²) in [4.78, 5) is 26.7. The molecule has 0 bridgehead atoms. The van der Waals surface area contributed by atoms with E-state index in [9.17, 15) is 24.9 Å². The van der Waals surface area contributed by atoms with Gasteiger partial charge in [-0.2, -0.15) is 0 Å². The highest BCUT2D eigenvalue weighted by atomic mass is 16.6. The van der Waals surface area contributed by atoms with Crippen LogP contribution in [0.4, 0.5) is 9.59 Å². The minimum atomic E-state index is -1.13. The summed E-state index contributed by atoms with van der Waals surface area (Å²) >= 11 is 0. The number of hydrogen-bond donors (Lipinski definition) is 5. The Morgan fingerprint density at radius 1 is 0.750 bits per heavy atom. The van der Waals surface area contributed by atoms with Crippen LogP contribution in [0.15, 0.2) is 91.0 Å². The fourth-order valence-electron chi connectivity index (χ4n) is 5.55. The van der Waals surface area contributed by atoms with Crippen LogP contribution in [0.1, 0.15) is 57.7 Å². The van der Waals surface area contributed by atoms with Gasteiger partial charge >= 0.3 is 12.2 Å². The highest BCUT2D eigenvalue weighted by Crippen LogP contribution is 2.23. The molecule has 4 atom stereocenters. The van der Waals surface area contributed by atoms with Crippen molar-refractivity contribution in [2.24, 2.45) is 0 Å². The van der Waals surface area contributed by atoms with Gasteiger partial charge in [0.1, 0.15) is 5.60 Å². The molecular formula is C38H53N3O7. The zero-order valence-corrected chi connectivity index (χ0v) is 28.8. The molecule has 0 aliphatic carbocycles. The topological polar surface area (TPSA) is 141 Å². The number of aliphatic hydroxyl groups excluding tert-OH is 2. The quantitative estimate of drug-likeness (QED) is 0.114. The van der Waals surface area contributed by atoms with Gasteiger partial charge in [-0.1, -0.05) is 91.0 Å². The standard InChI is InChI=1S/C38H53N3O7/c1-37(2,3)41(36(45)46)32(24-29-17-11-7-12-18-29)34(43)26-39-25-33(42)31(23-28-15-9-6-10-16-28)40-35(44)48-38(4,5)21-22-47-27-30-19-13-8-14-20-30/h6-20,31-34,39,42-43H,21-27H2,1-5H3,(H,40,44)(H,45,46)/t31-,32-,33+,34+/m0/s1. The van der Waals surface area contributed by atoms with Crippen LogP contribution in [0.2, 0.25) is 0 Å². The van der Waals surface area contributed by atoms with Gasteiger partial charge in [-0.15, -0.1) is 0 Å². The third-order valence-corrected chi connectivity index (χ3v) is 8.09. The minimum absolute atomic E-state index is 0.0208. The minimum Gasteiger partial charge on any atom is -0.465 e. The van der Waals surface area contributed by atoms with Gasteiger partial charge in [0.25, 0.3) is 0 Å². The maximum absolute atomic E-state index is 13.1. The first-order chi connectivity index (χ1) is 22.7. The largest absolute Gasteiger partial charge is 0.465 e. The molecule has 10 nitrogen and oxygen atoms in total. The molecule has 48 heavy (non-hydrogen) atoms. The molecule has 3 rings (SSSR count). The molecule has 0 aromatic heterocycles. The summed E-state index contributed by atoms with van der Waals surface area (Å²) < 4.78 is 11.5. The maximum Gasteiger partial charge on any atom is 0.408 e. The molecule has 262 valence electrons. The molecular weight excluding hydrogens is 610 g/mol. The highest BCUT2D eigenvalue weighted by Gasteiger charge is 2.37. The summed E-state index contributed by atoms with van der Waals surface area (Å²) in [6, 6.07) is 27.3. The number of nitrogens with one attached hydrogen (secondary N) is 2. The second kappa shape index (κ2) is 18.5. The van der Waals surface area contributed by atoms with E-state index in [1.807, 2.05) is 105 Å². The Morgan fingerprint density at radius 2 is 1.25 bits per heavy atom. The van der Waals surface area contributed by atoms with Crippen LogP contribution in [-0.4, -0.2) is 87.5 Å². The van der Waals surface area contributed by atoms with E-state index in [1.54, 1.807) is 20.8 Å².